The molecule has 222 valence electrons. The SMILES string of the molecule is Cn1cnnc1[C@H](F)C1(c2cccc(N3Cc4c(cc(CN5C6CCC5CC(F)C6)cc4C(F)(F)F)C3=O)c2)COC1. The fourth-order valence-corrected chi connectivity index (χ4v) is 7.23. The predicted octanol–water partition coefficient (Wildman–Crippen LogP) is 5.44. The first kappa shape index (κ1) is 27.5. The molecule has 0 spiro atoms. The van der Waals surface area contributed by atoms with Gasteiger partial charge < -0.3 is 14.2 Å². The number of fused-ring (bicyclic) bond motifs is 3. The van der Waals surface area contributed by atoms with E-state index in [1.165, 1.54) is 15.8 Å². The van der Waals surface area contributed by atoms with Gasteiger partial charge in [0.05, 0.1) is 30.7 Å². The molecule has 0 radical (unpaired) electrons. The Bertz CT molecular complexity index is 1520. The summed E-state index contributed by atoms with van der Waals surface area (Å²) in [6.07, 6.45) is -3.24. The average molecular weight is 588 g/mol. The molecule has 7 nitrogen and oxygen atoms in total. The summed E-state index contributed by atoms with van der Waals surface area (Å²) in [5.74, 6) is -0.399. The molecular formula is C30H30F5N5O2. The number of carbonyl (C=O) groups is 1. The van der Waals surface area contributed by atoms with Crippen LogP contribution in [0.5, 0.6) is 0 Å². The van der Waals surface area contributed by atoms with Gasteiger partial charge in [-0.2, -0.15) is 13.2 Å². The number of rotatable bonds is 6. The van der Waals surface area contributed by atoms with Crippen LogP contribution in [-0.4, -0.2) is 57.0 Å². The van der Waals surface area contributed by atoms with Crippen molar-refractivity contribution in [3.05, 3.63) is 76.4 Å². The molecule has 12 heteroatoms. The minimum Gasteiger partial charge on any atom is -0.379 e. The number of ether oxygens (including phenoxy) is 1. The number of aryl methyl sites for hydroxylation is 1. The zero-order chi connectivity index (χ0) is 29.4. The monoisotopic (exact) mass is 587 g/mol. The molecular weight excluding hydrogens is 557 g/mol. The number of amides is 1. The van der Waals surface area contributed by atoms with Gasteiger partial charge in [-0.3, -0.25) is 9.69 Å². The van der Waals surface area contributed by atoms with Gasteiger partial charge in [-0.15, -0.1) is 10.2 Å². The molecule has 0 saturated carbocycles. The lowest BCUT2D eigenvalue weighted by molar-refractivity contribution is -0.138. The third kappa shape index (κ3) is 4.33. The number of nitrogens with zero attached hydrogens (tertiary/aromatic N) is 5. The minimum absolute atomic E-state index is 0.0000336. The fraction of sp³-hybridized carbons (Fsp3) is 0.500. The van der Waals surface area contributed by atoms with Crippen LogP contribution in [0, 0.1) is 0 Å². The first-order valence-corrected chi connectivity index (χ1v) is 14.2. The van der Waals surface area contributed by atoms with Gasteiger partial charge >= 0.3 is 6.18 Å². The number of carbonyl (C=O) groups excluding carboxylic acids is 1. The van der Waals surface area contributed by atoms with E-state index in [-0.39, 0.29) is 55.3 Å². The molecule has 1 amide bonds. The Hall–Kier alpha value is -3.38. The lowest BCUT2D eigenvalue weighted by Crippen LogP contribution is -2.50. The molecule has 4 aliphatic rings. The van der Waals surface area contributed by atoms with E-state index >= 15 is 4.39 Å². The van der Waals surface area contributed by atoms with Crippen LogP contribution in [0.15, 0.2) is 42.7 Å². The Kier molecular flexibility index (Phi) is 6.43. The van der Waals surface area contributed by atoms with Gasteiger partial charge in [0, 0.05) is 36.9 Å². The zero-order valence-electron chi connectivity index (χ0n) is 23.0. The van der Waals surface area contributed by atoms with Gasteiger partial charge in [0.15, 0.2) is 12.0 Å². The van der Waals surface area contributed by atoms with E-state index in [0.29, 0.717) is 29.7 Å². The number of alkyl halides is 5. The van der Waals surface area contributed by atoms with E-state index < -0.39 is 35.4 Å². The zero-order valence-corrected chi connectivity index (χ0v) is 23.0. The van der Waals surface area contributed by atoms with Crippen LogP contribution in [0.1, 0.15) is 70.3 Å². The van der Waals surface area contributed by atoms with Crippen molar-refractivity contribution in [2.75, 3.05) is 18.1 Å². The van der Waals surface area contributed by atoms with Crippen LogP contribution in [0.2, 0.25) is 0 Å². The van der Waals surface area contributed by atoms with E-state index in [1.54, 1.807) is 37.4 Å². The topological polar surface area (TPSA) is 63.5 Å². The fourth-order valence-electron chi connectivity index (χ4n) is 7.23. The standard InChI is InChI=1S/C30H30F5N5O2/c1-38-16-36-37-27(38)26(32)29(14-42-15-29)18-3-2-4-20(9-18)40-13-24-23(28(40)41)7-17(8-25(24)30(33,34)35)12-39-21-5-6-22(39)11-19(31)10-21/h2-4,7-9,16,19,21-22,26H,5-6,10-15H2,1H3/t19?,21?,22?,26-/m0/s1. The third-order valence-corrected chi connectivity index (χ3v) is 9.51. The van der Waals surface area contributed by atoms with Gasteiger partial charge in [-0.1, -0.05) is 12.1 Å². The maximum Gasteiger partial charge on any atom is 0.416 e. The highest BCUT2D eigenvalue weighted by atomic mass is 19.4. The molecule has 0 aliphatic carbocycles. The third-order valence-electron chi connectivity index (χ3n) is 9.51. The Morgan fingerprint density at radius 1 is 1.12 bits per heavy atom. The molecule has 1 aromatic heterocycles. The summed E-state index contributed by atoms with van der Waals surface area (Å²) >= 11 is 0. The second-order valence-electron chi connectivity index (χ2n) is 12.0. The number of aromatic nitrogens is 3. The van der Waals surface area contributed by atoms with Crippen molar-refractivity contribution < 1.29 is 31.5 Å². The van der Waals surface area contributed by atoms with Crippen molar-refractivity contribution >= 4 is 11.6 Å². The Morgan fingerprint density at radius 2 is 1.86 bits per heavy atom. The van der Waals surface area contributed by atoms with Crippen LogP contribution >= 0.6 is 0 Å². The number of benzene rings is 2. The molecule has 2 aromatic carbocycles. The largest absolute Gasteiger partial charge is 0.416 e. The number of hydrogen-bond donors (Lipinski definition) is 0. The lowest BCUT2D eigenvalue weighted by Gasteiger charge is -2.43. The van der Waals surface area contributed by atoms with Crippen molar-refractivity contribution in [2.24, 2.45) is 7.05 Å². The molecule has 42 heavy (non-hydrogen) atoms. The van der Waals surface area contributed by atoms with E-state index in [2.05, 4.69) is 15.1 Å². The first-order valence-electron chi connectivity index (χ1n) is 14.2. The minimum atomic E-state index is -4.66. The summed E-state index contributed by atoms with van der Waals surface area (Å²) < 4.78 is 79.9. The smallest absolute Gasteiger partial charge is 0.379 e. The molecule has 3 aromatic rings. The Labute approximate surface area is 239 Å². The second-order valence-corrected chi connectivity index (χ2v) is 12.0. The molecule has 5 heterocycles. The quantitative estimate of drug-likeness (QED) is 0.360. The van der Waals surface area contributed by atoms with Crippen molar-refractivity contribution in [3.63, 3.8) is 0 Å². The van der Waals surface area contributed by atoms with Crippen molar-refractivity contribution in [1.29, 1.82) is 0 Å². The summed E-state index contributed by atoms with van der Waals surface area (Å²) in [4.78, 5) is 17.1. The van der Waals surface area contributed by atoms with Gasteiger partial charge in [0.1, 0.15) is 12.5 Å². The molecule has 3 atom stereocenters. The average Bonchev–Trinajstić information content (AvgIpc) is 3.56. The summed E-state index contributed by atoms with van der Waals surface area (Å²) in [6.45, 7) is 0.157. The van der Waals surface area contributed by atoms with Crippen molar-refractivity contribution in [3.8, 4) is 0 Å². The molecule has 3 saturated heterocycles. The molecule has 0 N–H and O–H groups in total. The molecule has 3 fully saturated rings. The van der Waals surface area contributed by atoms with Gasteiger partial charge in [0.2, 0.25) is 0 Å². The van der Waals surface area contributed by atoms with Crippen molar-refractivity contribution in [1.82, 2.24) is 19.7 Å². The van der Waals surface area contributed by atoms with Crippen LogP contribution in [0.4, 0.5) is 27.6 Å². The number of anilines is 1. The highest BCUT2D eigenvalue weighted by molar-refractivity contribution is 6.10. The second kappa shape index (κ2) is 9.84. The molecule has 7 rings (SSSR count). The van der Waals surface area contributed by atoms with E-state index in [4.69, 9.17) is 4.74 Å². The van der Waals surface area contributed by atoms with Gasteiger partial charge in [-0.25, -0.2) is 8.78 Å². The number of hydrogen-bond acceptors (Lipinski definition) is 5. The van der Waals surface area contributed by atoms with Gasteiger partial charge in [-0.05, 0) is 66.6 Å². The first-order chi connectivity index (χ1) is 20.0. The van der Waals surface area contributed by atoms with Crippen LogP contribution in [0.25, 0.3) is 0 Å². The van der Waals surface area contributed by atoms with Crippen LogP contribution < -0.4 is 4.90 Å². The Morgan fingerprint density at radius 3 is 2.48 bits per heavy atom. The Balaban J connectivity index is 1.21. The summed E-state index contributed by atoms with van der Waals surface area (Å²) in [7, 11) is 1.64. The predicted molar refractivity (Wildman–Crippen MR) is 142 cm³/mol. The summed E-state index contributed by atoms with van der Waals surface area (Å²) in [6, 6.07) is 9.40. The van der Waals surface area contributed by atoms with E-state index in [1.807, 2.05) is 0 Å². The summed E-state index contributed by atoms with van der Waals surface area (Å²) in [5.41, 5.74) is -0.614. The molecule has 2 bridgehead atoms. The highest BCUT2D eigenvalue weighted by Gasteiger charge is 2.51. The lowest BCUT2D eigenvalue weighted by atomic mass is 9.74. The number of piperidine rings is 1. The maximum atomic E-state index is 15.9. The van der Waals surface area contributed by atoms with E-state index in [0.717, 1.165) is 18.9 Å². The van der Waals surface area contributed by atoms with Crippen LogP contribution in [0.3, 0.4) is 0 Å². The molecule has 4 aliphatic heterocycles. The van der Waals surface area contributed by atoms with E-state index in [9.17, 15) is 22.4 Å². The highest BCUT2D eigenvalue weighted by Crippen LogP contribution is 2.47. The number of halogens is 5. The molecule has 2 unspecified atom stereocenters. The normalized spacial score (nSPS) is 25.9. The van der Waals surface area contributed by atoms with Crippen LogP contribution in [-0.2, 0) is 36.5 Å². The van der Waals surface area contributed by atoms with Gasteiger partial charge in [0.25, 0.3) is 5.91 Å². The van der Waals surface area contributed by atoms with Crippen molar-refractivity contribution in [2.45, 2.75) is 74.8 Å². The maximum absolute atomic E-state index is 15.9. The summed E-state index contributed by atoms with van der Waals surface area (Å²) in [5, 5.41) is 7.69.